The zero-order chi connectivity index (χ0) is 15.4. The molecule has 0 saturated carbocycles. The highest BCUT2D eigenvalue weighted by Crippen LogP contribution is 2.30. The van der Waals surface area contributed by atoms with Gasteiger partial charge in [-0.05, 0) is 22.4 Å². The number of hydrogen-bond acceptors (Lipinski definition) is 9. The minimum Gasteiger partial charge on any atom is -0.378 e. The van der Waals surface area contributed by atoms with Crippen LogP contribution in [0, 0.1) is 22.7 Å². The Morgan fingerprint density at radius 3 is 2.64 bits per heavy atom. The Labute approximate surface area is 125 Å². The van der Waals surface area contributed by atoms with Crippen molar-refractivity contribution in [1.29, 1.82) is 10.5 Å². The predicted octanol–water partition coefficient (Wildman–Crippen LogP) is 0.874. The van der Waals surface area contributed by atoms with E-state index in [1.54, 1.807) is 18.2 Å². The van der Waals surface area contributed by atoms with Crippen molar-refractivity contribution in [3.05, 3.63) is 12.1 Å². The smallest absolute Gasteiger partial charge is 0.237 e. The van der Waals surface area contributed by atoms with E-state index in [4.69, 9.17) is 19.9 Å². The summed E-state index contributed by atoms with van der Waals surface area (Å²) < 4.78 is 10.2. The van der Waals surface area contributed by atoms with E-state index in [0.717, 1.165) is 18.8 Å². The molecule has 0 aliphatic carbocycles. The van der Waals surface area contributed by atoms with Crippen LogP contribution in [0.15, 0.2) is 21.9 Å². The van der Waals surface area contributed by atoms with E-state index >= 15 is 0 Å². The number of anilines is 2. The van der Waals surface area contributed by atoms with Crippen LogP contribution in [0.1, 0.15) is 0 Å². The summed E-state index contributed by atoms with van der Waals surface area (Å²) in [7, 11) is 0. The Morgan fingerprint density at radius 2 is 1.91 bits per heavy atom. The van der Waals surface area contributed by atoms with Crippen LogP contribution in [0.3, 0.4) is 0 Å². The first-order chi connectivity index (χ1) is 10.8. The van der Waals surface area contributed by atoms with Crippen LogP contribution in [-0.2, 0) is 4.74 Å². The van der Waals surface area contributed by atoms with Crippen molar-refractivity contribution in [2.75, 3.05) is 36.6 Å². The molecule has 3 rings (SSSR count). The van der Waals surface area contributed by atoms with Gasteiger partial charge in [0.05, 0.1) is 24.6 Å². The van der Waals surface area contributed by atoms with Crippen molar-refractivity contribution in [3.8, 4) is 12.1 Å². The van der Waals surface area contributed by atoms with E-state index in [9.17, 15) is 0 Å². The van der Waals surface area contributed by atoms with Gasteiger partial charge in [0.25, 0.3) is 0 Å². The third-order valence-corrected chi connectivity index (χ3v) is 3.25. The third kappa shape index (κ3) is 2.53. The lowest BCUT2D eigenvalue weighted by Crippen LogP contribution is -2.36. The van der Waals surface area contributed by atoms with Gasteiger partial charge < -0.3 is 9.64 Å². The molecule has 2 aromatic rings. The van der Waals surface area contributed by atoms with Crippen LogP contribution in [0.5, 0.6) is 0 Å². The molecule has 0 atom stereocenters. The standard InChI is InChI=1S/C13H11N7O2/c14-7-9(8-15)16-17-10-1-2-11(13-12(10)18-22-19-13)20-3-5-21-6-4-20/h1-2,17H,3-6H2. The summed E-state index contributed by atoms with van der Waals surface area (Å²) in [6.45, 7) is 2.84. The molecule has 22 heavy (non-hydrogen) atoms. The second-order valence-corrected chi connectivity index (χ2v) is 4.49. The maximum Gasteiger partial charge on any atom is 0.237 e. The molecule has 9 nitrogen and oxygen atoms in total. The second kappa shape index (κ2) is 6.08. The second-order valence-electron chi connectivity index (χ2n) is 4.49. The van der Waals surface area contributed by atoms with Gasteiger partial charge in [0.15, 0.2) is 11.0 Å². The highest BCUT2D eigenvalue weighted by atomic mass is 16.6. The number of benzene rings is 1. The SMILES string of the molecule is N#CC(C#N)=NNc1ccc(N2CCOCC2)c2nonc12. The molecule has 1 aliphatic rings. The molecule has 1 N–H and O–H groups in total. The fourth-order valence-electron chi connectivity index (χ4n) is 2.19. The number of fused-ring (bicyclic) bond motifs is 1. The Balaban J connectivity index is 1.95. The lowest BCUT2D eigenvalue weighted by molar-refractivity contribution is 0.123. The topological polar surface area (TPSA) is 123 Å². The first kappa shape index (κ1) is 13.8. The third-order valence-electron chi connectivity index (χ3n) is 3.25. The molecule has 1 aromatic heterocycles. The summed E-state index contributed by atoms with van der Waals surface area (Å²) in [5.41, 5.74) is 4.86. The Hall–Kier alpha value is -3.17. The van der Waals surface area contributed by atoms with E-state index in [0.29, 0.717) is 29.9 Å². The maximum absolute atomic E-state index is 8.68. The minimum absolute atomic E-state index is 0.276. The maximum atomic E-state index is 8.68. The zero-order valence-electron chi connectivity index (χ0n) is 11.5. The largest absolute Gasteiger partial charge is 0.378 e. The van der Waals surface area contributed by atoms with E-state index in [2.05, 4.69) is 25.7 Å². The summed E-state index contributed by atoms with van der Waals surface area (Å²) in [5, 5.41) is 28.9. The van der Waals surface area contributed by atoms with Crippen LogP contribution >= 0.6 is 0 Å². The number of rotatable bonds is 3. The number of nitriles is 2. The molecule has 0 radical (unpaired) electrons. The molecule has 2 heterocycles. The molecule has 1 fully saturated rings. The van der Waals surface area contributed by atoms with Crippen LogP contribution in [0.4, 0.5) is 11.4 Å². The summed E-state index contributed by atoms with van der Waals surface area (Å²) in [5.74, 6) is 0. The molecule has 0 spiro atoms. The van der Waals surface area contributed by atoms with Gasteiger partial charge in [0, 0.05) is 13.1 Å². The van der Waals surface area contributed by atoms with E-state index in [1.165, 1.54) is 0 Å². The van der Waals surface area contributed by atoms with Crippen LogP contribution in [-0.4, -0.2) is 42.3 Å². The predicted molar refractivity (Wildman–Crippen MR) is 77.1 cm³/mol. The molecular formula is C13H11N7O2. The highest BCUT2D eigenvalue weighted by Gasteiger charge is 2.18. The first-order valence-electron chi connectivity index (χ1n) is 6.55. The number of aromatic nitrogens is 2. The molecule has 0 bridgehead atoms. The van der Waals surface area contributed by atoms with Crippen molar-refractivity contribution in [2.24, 2.45) is 5.10 Å². The number of hydrogen-bond donors (Lipinski definition) is 1. The summed E-state index contributed by atoms with van der Waals surface area (Å²) in [4.78, 5) is 2.14. The summed E-state index contributed by atoms with van der Waals surface area (Å²) in [6.07, 6.45) is 0. The van der Waals surface area contributed by atoms with Gasteiger partial charge >= 0.3 is 0 Å². The monoisotopic (exact) mass is 297 g/mol. The van der Waals surface area contributed by atoms with E-state index in [-0.39, 0.29) is 5.71 Å². The van der Waals surface area contributed by atoms with E-state index in [1.807, 2.05) is 6.07 Å². The Kier molecular flexibility index (Phi) is 3.81. The van der Waals surface area contributed by atoms with Gasteiger partial charge in [-0.2, -0.15) is 15.6 Å². The Morgan fingerprint density at radius 1 is 1.18 bits per heavy atom. The molecule has 1 aromatic carbocycles. The van der Waals surface area contributed by atoms with Crippen molar-refractivity contribution in [3.63, 3.8) is 0 Å². The molecule has 1 saturated heterocycles. The summed E-state index contributed by atoms with van der Waals surface area (Å²) in [6, 6.07) is 6.97. The first-order valence-corrected chi connectivity index (χ1v) is 6.55. The number of nitrogens with one attached hydrogen (secondary N) is 1. The van der Waals surface area contributed by atoms with Gasteiger partial charge in [-0.1, -0.05) is 0 Å². The number of hydrazone groups is 1. The van der Waals surface area contributed by atoms with Crippen molar-refractivity contribution < 1.29 is 9.37 Å². The van der Waals surface area contributed by atoms with Gasteiger partial charge in [0.2, 0.25) is 5.71 Å². The fourth-order valence-corrected chi connectivity index (χ4v) is 2.19. The van der Waals surface area contributed by atoms with Crippen LogP contribution in [0.2, 0.25) is 0 Å². The fraction of sp³-hybridized carbons (Fsp3) is 0.308. The van der Waals surface area contributed by atoms with Crippen molar-refractivity contribution in [1.82, 2.24) is 10.3 Å². The number of nitrogens with zero attached hydrogens (tertiary/aromatic N) is 6. The number of ether oxygens (including phenoxy) is 1. The number of morpholine rings is 1. The van der Waals surface area contributed by atoms with Gasteiger partial charge in [-0.3, -0.25) is 5.43 Å². The van der Waals surface area contributed by atoms with E-state index < -0.39 is 0 Å². The van der Waals surface area contributed by atoms with Crippen LogP contribution < -0.4 is 10.3 Å². The van der Waals surface area contributed by atoms with Crippen molar-refractivity contribution in [2.45, 2.75) is 0 Å². The lowest BCUT2D eigenvalue weighted by atomic mass is 10.2. The minimum atomic E-state index is -0.276. The van der Waals surface area contributed by atoms with Crippen molar-refractivity contribution >= 4 is 28.1 Å². The highest BCUT2D eigenvalue weighted by molar-refractivity contribution is 6.10. The average Bonchev–Trinajstić information content (AvgIpc) is 3.06. The molecule has 110 valence electrons. The van der Waals surface area contributed by atoms with Gasteiger partial charge in [-0.25, -0.2) is 4.63 Å². The lowest BCUT2D eigenvalue weighted by Gasteiger charge is -2.28. The molecular weight excluding hydrogens is 286 g/mol. The summed E-state index contributed by atoms with van der Waals surface area (Å²) >= 11 is 0. The van der Waals surface area contributed by atoms with Crippen LogP contribution in [0.25, 0.3) is 11.0 Å². The Bertz CT molecular complexity index is 777. The van der Waals surface area contributed by atoms with Gasteiger partial charge in [-0.15, -0.1) is 0 Å². The molecule has 9 heteroatoms. The molecule has 1 aliphatic heterocycles. The molecule has 0 amide bonds. The average molecular weight is 297 g/mol. The normalized spacial score (nSPS) is 14.2. The van der Waals surface area contributed by atoms with Gasteiger partial charge in [0.1, 0.15) is 12.1 Å². The molecule has 0 unspecified atom stereocenters. The quantitative estimate of drug-likeness (QED) is 0.654. The zero-order valence-corrected chi connectivity index (χ0v) is 11.5.